The van der Waals surface area contributed by atoms with Gasteiger partial charge in [-0.25, -0.2) is 4.98 Å². The molecule has 0 bridgehead atoms. The van der Waals surface area contributed by atoms with Crippen molar-refractivity contribution >= 4 is 5.97 Å². The fourth-order valence-electron chi connectivity index (χ4n) is 1.66. The van der Waals surface area contributed by atoms with E-state index in [2.05, 4.69) is 11.1 Å². The lowest BCUT2D eigenvalue weighted by atomic mass is 10.2. The van der Waals surface area contributed by atoms with E-state index in [1.54, 1.807) is 36.1 Å². The number of hydrogen-bond donors (Lipinski definition) is 0. The van der Waals surface area contributed by atoms with Crippen LogP contribution in [-0.4, -0.2) is 22.1 Å². The summed E-state index contributed by atoms with van der Waals surface area (Å²) in [6.45, 7) is 2.14. The molecule has 0 spiro atoms. The zero-order chi connectivity index (χ0) is 13.7. The molecule has 1 aromatic carbocycles. The van der Waals surface area contributed by atoms with Crippen molar-refractivity contribution in [2.24, 2.45) is 0 Å². The number of aromatic nitrogens is 2. The summed E-state index contributed by atoms with van der Waals surface area (Å²) in [7, 11) is 0. The molecule has 0 radical (unpaired) electrons. The molecule has 0 N–H and O–H groups in total. The SMILES string of the molecule is CCOC(=O)Cc1cn(-c2ccc(C#N)cc2)cn1. The van der Waals surface area contributed by atoms with Gasteiger partial charge in [-0.2, -0.15) is 5.26 Å². The van der Waals surface area contributed by atoms with Crippen molar-refractivity contribution < 1.29 is 9.53 Å². The van der Waals surface area contributed by atoms with E-state index in [0.717, 1.165) is 5.69 Å². The van der Waals surface area contributed by atoms with E-state index in [4.69, 9.17) is 10.00 Å². The zero-order valence-electron chi connectivity index (χ0n) is 10.5. The number of benzene rings is 1. The largest absolute Gasteiger partial charge is 0.466 e. The van der Waals surface area contributed by atoms with Gasteiger partial charge in [-0.3, -0.25) is 4.79 Å². The van der Waals surface area contributed by atoms with Crippen molar-refractivity contribution in [3.63, 3.8) is 0 Å². The number of carbonyl (C=O) groups is 1. The molecule has 0 atom stereocenters. The van der Waals surface area contributed by atoms with Gasteiger partial charge in [0.1, 0.15) is 0 Å². The minimum atomic E-state index is -0.285. The maximum Gasteiger partial charge on any atom is 0.311 e. The summed E-state index contributed by atoms with van der Waals surface area (Å²) in [5.74, 6) is -0.285. The van der Waals surface area contributed by atoms with Crippen molar-refractivity contribution in [2.75, 3.05) is 6.61 Å². The van der Waals surface area contributed by atoms with Gasteiger partial charge in [0, 0.05) is 11.9 Å². The Bertz CT molecular complexity index is 608. The van der Waals surface area contributed by atoms with Crippen LogP contribution in [-0.2, 0) is 16.0 Å². The van der Waals surface area contributed by atoms with Crippen molar-refractivity contribution in [2.45, 2.75) is 13.3 Å². The lowest BCUT2D eigenvalue weighted by Crippen LogP contribution is -2.07. The number of esters is 1. The molecular formula is C14H13N3O2. The Balaban J connectivity index is 2.12. The number of imidazole rings is 1. The number of rotatable bonds is 4. The van der Waals surface area contributed by atoms with Gasteiger partial charge in [-0.05, 0) is 31.2 Å². The summed E-state index contributed by atoms with van der Waals surface area (Å²) >= 11 is 0. The van der Waals surface area contributed by atoms with Crippen molar-refractivity contribution in [3.8, 4) is 11.8 Å². The first kappa shape index (κ1) is 12.8. The lowest BCUT2D eigenvalue weighted by Gasteiger charge is -2.01. The van der Waals surface area contributed by atoms with Crippen LogP contribution in [0.2, 0.25) is 0 Å². The molecule has 0 aliphatic heterocycles. The summed E-state index contributed by atoms with van der Waals surface area (Å²) in [5, 5.41) is 8.73. The molecule has 0 fully saturated rings. The second kappa shape index (κ2) is 5.83. The highest BCUT2D eigenvalue weighted by Gasteiger charge is 2.07. The van der Waals surface area contributed by atoms with Crippen LogP contribution in [0.1, 0.15) is 18.2 Å². The number of nitriles is 1. The Morgan fingerprint density at radius 2 is 2.16 bits per heavy atom. The standard InChI is InChI=1S/C14H13N3O2/c1-2-19-14(18)7-12-9-17(10-16-12)13-5-3-11(8-15)4-6-13/h3-6,9-10H,2,7H2,1H3. The van der Waals surface area contributed by atoms with E-state index >= 15 is 0 Å². The fraction of sp³-hybridized carbons (Fsp3) is 0.214. The quantitative estimate of drug-likeness (QED) is 0.782. The Kier molecular flexibility index (Phi) is 3.94. The molecule has 0 saturated carbocycles. The van der Waals surface area contributed by atoms with Crippen molar-refractivity contribution in [1.29, 1.82) is 5.26 Å². The van der Waals surface area contributed by atoms with Crippen LogP contribution in [0.4, 0.5) is 0 Å². The van der Waals surface area contributed by atoms with E-state index in [0.29, 0.717) is 17.9 Å². The maximum atomic E-state index is 11.3. The average molecular weight is 255 g/mol. The first-order chi connectivity index (χ1) is 9.22. The van der Waals surface area contributed by atoms with Gasteiger partial charge >= 0.3 is 5.97 Å². The number of hydrogen-bond acceptors (Lipinski definition) is 4. The van der Waals surface area contributed by atoms with E-state index < -0.39 is 0 Å². The van der Waals surface area contributed by atoms with E-state index in [1.165, 1.54) is 0 Å². The second-order valence-electron chi connectivity index (χ2n) is 3.91. The predicted octanol–water partition coefficient (Wildman–Crippen LogP) is 1.85. The van der Waals surface area contributed by atoms with E-state index in [1.807, 2.05) is 12.1 Å². The van der Waals surface area contributed by atoms with Crippen LogP contribution < -0.4 is 0 Å². The number of carbonyl (C=O) groups excluding carboxylic acids is 1. The normalized spacial score (nSPS) is 9.89. The van der Waals surface area contributed by atoms with Crippen molar-refractivity contribution in [1.82, 2.24) is 9.55 Å². The highest BCUT2D eigenvalue weighted by atomic mass is 16.5. The van der Waals surface area contributed by atoms with E-state index in [9.17, 15) is 4.79 Å². The third kappa shape index (κ3) is 3.19. The van der Waals surface area contributed by atoms with Gasteiger partial charge in [-0.15, -0.1) is 0 Å². The molecular weight excluding hydrogens is 242 g/mol. The van der Waals surface area contributed by atoms with Gasteiger partial charge in [0.25, 0.3) is 0 Å². The molecule has 0 aliphatic rings. The van der Waals surface area contributed by atoms with E-state index in [-0.39, 0.29) is 12.4 Å². The van der Waals surface area contributed by atoms with Crippen LogP contribution >= 0.6 is 0 Å². The molecule has 0 unspecified atom stereocenters. The maximum absolute atomic E-state index is 11.3. The number of nitrogens with zero attached hydrogens (tertiary/aromatic N) is 3. The molecule has 5 nitrogen and oxygen atoms in total. The summed E-state index contributed by atoms with van der Waals surface area (Å²) < 4.78 is 6.67. The zero-order valence-corrected chi connectivity index (χ0v) is 10.5. The molecule has 5 heteroatoms. The van der Waals surface area contributed by atoms with Crippen LogP contribution in [0.25, 0.3) is 5.69 Å². The topological polar surface area (TPSA) is 67.9 Å². The van der Waals surface area contributed by atoms with Crippen molar-refractivity contribution in [3.05, 3.63) is 48.0 Å². The van der Waals surface area contributed by atoms with Gasteiger partial charge in [-0.1, -0.05) is 0 Å². The Hall–Kier alpha value is -2.61. The van der Waals surface area contributed by atoms with Gasteiger partial charge < -0.3 is 9.30 Å². The third-order valence-electron chi connectivity index (χ3n) is 2.56. The molecule has 19 heavy (non-hydrogen) atoms. The second-order valence-corrected chi connectivity index (χ2v) is 3.91. The van der Waals surface area contributed by atoms with Crippen LogP contribution in [0.15, 0.2) is 36.8 Å². The lowest BCUT2D eigenvalue weighted by molar-refractivity contribution is -0.142. The highest BCUT2D eigenvalue weighted by Crippen LogP contribution is 2.10. The summed E-state index contributed by atoms with van der Waals surface area (Å²) in [6, 6.07) is 9.19. The molecule has 1 aromatic heterocycles. The molecule has 1 heterocycles. The number of ether oxygens (including phenoxy) is 1. The minimum absolute atomic E-state index is 0.164. The summed E-state index contributed by atoms with van der Waals surface area (Å²) in [5.41, 5.74) is 2.15. The molecule has 0 aliphatic carbocycles. The first-order valence-electron chi connectivity index (χ1n) is 5.92. The van der Waals surface area contributed by atoms with Gasteiger partial charge in [0.2, 0.25) is 0 Å². The van der Waals surface area contributed by atoms with Crippen LogP contribution in [0.3, 0.4) is 0 Å². The molecule has 0 saturated heterocycles. The fourth-order valence-corrected chi connectivity index (χ4v) is 1.66. The van der Waals surface area contributed by atoms with Gasteiger partial charge in [0.05, 0.1) is 36.7 Å². The molecule has 2 aromatic rings. The highest BCUT2D eigenvalue weighted by molar-refractivity contribution is 5.71. The van der Waals surface area contributed by atoms with Gasteiger partial charge in [0.15, 0.2) is 0 Å². The Morgan fingerprint density at radius 1 is 1.42 bits per heavy atom. The first-order valence-corrected chi connectivity index (χ1v) is 5.92. The third-order valence-corrected chi connectivity index (χ3v) is 2.56. The van der Waals surface area contributed by atoms with Crippen LogP contribution in [0, 0.1) is 11.3 Å². The molecule has 2 rings (SSSR count). The summed E-state index contributed by atoms with van der Waals surface area (Å²) in [4.78, 5) is 15.5. The van der Waals surface area contributed by atoms with Crippen LogP contribution in [0.5, 0.6) is 0 Å². The average Bonchev–Trinajstić information content (AvgIpc) is 2.87. The molecule has 96 valence electrons. The Labute approximate surface area is 111 Å². The summed E-state index contributed by atoms with van der Waals surface area (Å²) in [6.07, 6.45) is 3.57. The Morgan fingerprint density at radius 3 is 2.79 bits per heavy atom. The smallest absolute Gasteiger partial charge is 0.311 e. The molecule has 0 amide bonds. The minimum Gasteiger partial charge on any atom is -0.466 e. The predicted molar refractivity (Wildman–Crippen MR) is 68.6 cm³/mol. The monoisotopic (exact) mass is 255 g/mol.